The Hall–Kier alpha value is -2.34. The summed E-state index contributed by atoms with van der Waals surface area (Å²) in [4.78, 5) is 11.1. The van der Waals surface area contributed by atoms with Crippen LogP contribution in [0.5, 0.6) is 0 Å². The van der Waals surface area contributed by atoms with Crippen molar-refractivity contribution in [2.45, 2.75) is 6.54 Å². The lowest BCUT2D eigenvalue weighted by Gasteiger charge is -2.08. The number of carboxylic acid groups (broad SMARTS) is 1. The van der Waals surface area contributed by atoms with Gasteiger partial charge in [-0.25, -0.2) is 4.79 Å². The molecule has 0 fully saturated rings. The van der Waals surface area contributed by atoms with E-state index in [-0.39, 0.29) is 18.8 Å². The van der Waals surface area contributed by atoms with E-state index in [1.165, 1.54) is 10.7 Å². The zero-order chi connectivity index (χ0) is 18.0. The molecule has 1 heterocycles. The standard InChI is InChI=1S/C18H14Cl2N2O3/c19-13-5-6-14(15(20)9-13)11-1-3-12(4-2-11)17-10-16(18(24)25)21-22(17)7-8-23/h1-6,9-10,23H,7-8H2,(H,24,25). The first-order chi connectivity index (χ1) is 12.0. The monoisotopic (exact) mass is 376 g/mol. The maximum absolute atomic E-state index is 11.1. The number of benzene rings is 2. The lowest BCUT2D eigenvalue weighted by molar-refractivity contribution is 0.0689. The van der Waals surface area contributed by atoms with Crippen molar-refractivity contribution in [2.75, 3.05) is 6.61 Å². The van der Waals surface area contributed by atoms with E-state index in [1.807, 2.05) is 30.3 Å². The van der Waals surface area contributed by atoms with Gasteiger partial charge in [-0.3, -0.25) is 4.68 Å². The van der Waals surface area contributed by atoms with Crippen molar-refractivity contribution in [3.8, 4) is 22.4 Å². The number of aromatic nitrogens is 2. The summed E-state index contributed by atoms with van der Waals surface area (Å²) >= 11 is 12.2. The van der Waals surface area contributed by atoms with Gasteiger partial charge in [0, 0.05) is 15.6 Å². The summed E-state index contributed by atoms with van der Waals surface area (Å²) in [5.74, 6) is -1.11. The number of hydrogen-bond acceptors (Lipinski definition) is 3. The van der Waals surface area contributed by atoms with Crippen LogP contribution in [0.4, 0.5) is 0 Å². The molecule has 128 valence electrons. The van der Waals surface area contributed by atoms with Gasteiger partial charge in [-0.2, -0.15) is 5.10 Å². The quantitative estimate of drug-likeness (QED) is 0.698. The average Bonchev–Trinajstić information content (AvgIpc) is 3.00. The van der Waals surface area contributed by atoms with Gasteiger partial charge in [0.1, 0.15) is 0 Å². The highest BCUT2D eigenvalue weighted by Gasteiger charge is 2.14. The van der Waals surface area contributed by atoms with Crippen LogP contribution in [0.15, 0.2) is 48.5 Å². The van der Waals surface area contributed by atoms with Gasteiger partial charge in [-0.1, -0.05) is 53.5 Å². The van der Waals surface area contributed by atoms with Crippen molar-refractivity contribution in [1.29, 1.82) is 0 Å². The summed E-state index contributed by atoms with van der Waals surface area (Å²) in [6, 6.07) is 14.3. The second kappa shape index (κ2) is 7.27. The molecule has 3 rings (SSSR count). The number of hydrogen-bond donors (Lipinski definition) is 2. The molecular weight excluding hydrogens is 363 g/mol. The number of halogens is 2. The van der Waals surface area contributed by atoms with E-state index in [1.54, 1.807) is 12.1 Å². The molecule has 0 amide bonds. The largest absolute Gasteiger partial charge is 0.476 e. The Morgan fingerprint density at radius 1 is 1.04 bits per heavy atom. The smallest absolute Gasteiger partial charge is 0.356 e. The van der Waals surface area contributed by atoms with E-state index in [2.05, 4.69) is 5.10 Å². The number of rotatable bonds is 5. The summed E-state index contributed by atoms with van der Waals surface area (Å²) in [7, 11) is 0. The molecule has 0 aliphatic carbocycles. The number of aliphatic hydroxyl groups is 1. The van der Waals surface area contributed by atoms with E-state index >= 15 is 0 Å². The Balaban J connectivity index is 1.98. The number of aromatic carboxylic acids is 1. The highest BCUT2D eigenvalue weighted by Crippen LogP contribution is 2.32. The molecule has 0 atom stereocenters. The molecule has 5 nitrogen and oxygen atoms in total. The summed E-state index contributed by atoms with van der Waals surface area (Å²) in [6.45, 7) is 0.0829. The Morgan fingerprint density at radius 3 is 2.32 bits per heavy atom. The highest BCUT2D eigenvalue weighted by atomic mass is 35.5. The van der Waals surface area contributed by atoms with Gasteiger partial charge < -0.3 is 10.2 Å². The van der Waals surface area contributed by atoms with Crippen LogP contribution >= 0.6 is 23.2 Å². The molecule has 0 aliphatic heterocycles. The molecule has 7 heteroatoms. The first-order valence-corrected chi connectivity index (χ1v) is 8.23. The van der Waals surface area contributed by atoms with Gasteiger partial charge in [-0.05, 0) is 29.3 Å². The first kappa shape index (κ1) is 17.5. The average molecular weight is 377 g/mol. The minimum absolute atomic E-state index is 0.0618. The van der Waals surface area contributed by atoms with Crippen molar-refractivity contribution < 1.29 is 15.0 Å². The van der Waals surface area contributed by atoms with Gasteiger partial charge in [0.15, 0.2) is 5.69 Å². The molecule has 0 saturated heterocycles. The lowest BCUT2D eigenvalue weighted by atomic mass is 10.0. The molecule has 0 unspecified atom stereocenters. The number of aliphatic hydroxyl groups excluding tert-OH is 1. The van der Waals surface area contributed by atoms with Crippen molar-refractivity contribution in [2.24, 2.45) is 0 Å². The van der Waals surface area contributed by atoms with Gasteiger partial charge in [0.05, 0.1) is 18.8 Å². The van der Waals surface area contributed by atoms with Gasteiger partial charge >= 0.3 is 5.97 Å². The van der Waals surface area contributed by atoms with Crippen LogP contribution in [0.3, 0.4) is 0 Å². The predicted octanol–water partition coefficient (Wildman–Crippen LogP) is 4.21. The van der Waals surface area contributed by atoms with Crippen molar-refractivity contribution in [3.63, 3.8) is 0 Å². The molecular formula is C18H14Cl2N2O3. The van der Waals surface area contributed by atoms with Crippen molar-refractivity contribution in [3.05, 3.63) is 64.3 Å². The predicted molar refractivity (Wildman–Crippen MR) is 97.2 cm³/mol. The Bertz CT molecular complexity index is 921. The Kier molecular flexibility index (Phi) is 5.08. The zero-order valence-corrected chi connectivity index (χ0v) is 14.5. The Labute approximate surface area is 154 Å². The molecule has 1 aromatic heterocycles. The van der Waals surface area contributed by atoms with Gasteiger partial charge in [0.2, 0.25) is 0 Å². The topological polar surface area (TPSA) is 75.3 Å². The SMILES string of the molecule is O=C(O)c1cc(-c2ccc(-c3ccc(Cl)cc3Cl)cc2)n(CCO)n1. The molecule has 25 heavy (non-hydrogen) atoms. The molecule has 2 N–H and O–H groups in total. The number of nitrogens with zero attached hydrogens (tertiary/aromatic N) is 2. The van der Waals surface area contributed by atoms with Gasteiger partial charge in [-0.15, -0.1) is 0 Å². The third-order valence-electron chi connectivity index (χ3n) is 3.73. The second-order valence-corrected chi connectivity index (χ2v) is 6.21. The maximum atomic E-state index is 11.1. The van der Waals surface area contributed by atoms with E-state index in [4.69, 9.17) is 33.4 Å². The van der Waals surface area contributed by atoms with Crippen LogP contribution in [0.2, 0.25) is 10.0 Å². The summed E-state index contributed by atoms with van der Waals surface area (Å²) < 4.78 is 1.48. The third-order valence-corrected chi connectivity index (χ3v) is 4.28. The molecule has 3 aromatic rings. The normalized spacial score (nSPS) is 10.8. The van der Waals surface area contributed by atoms with Crippen molar-refractivity contribution >= 4 is 29.2 Å². The molecule has 2 aromatic carbocycles. The molecule has 0 radical (unpaired) electrons. The van der Waals surface area contributed by atoms with Crippen LogP contribution < -0.4 is 0 Å². The van der Waals surface area contributed by atoms with Crippen LogP contribution in [-0.2, 0) is 6.54 Å². The molecule has 0 spiro atoms. The summed E-state index contributed by atoms with van der Waals surface area (Å²) in [6.07, 6.45) is 0. The second-order valence-electron chi connectivity index (χ2n) is 5.37. The molecule has 0 saturated carbocycles. The minimum atomic E-state index is -1.11. The van der Waals surface area contributed by atoms with E-state index in [0.717, 1.165) is 16.7 Å². The summed E-state index contributed by atoms with van der Waals surface area (Å²) in [5, 5.41) is 23.4. The maximum Gasteiger partial charge on any atom is 0.356 e. The van der Waals surface area contributed by atoms with Crippen LogP contribution in [0, 0.1) is 0 Å². The lowest BCUT2D eigenvalue weighted by Crippen LogP contribution is -2.07. The molecule has 0 bridgehead atoms. The number of carbonyl (C=O) groups is 1. The van der Waals surface area contributed by atoms with E-state index in [9.17, 15) is 4.79 Å². The minimum Gasteiger partial charge on any atom is -0.476 e. The molecule has 0 aliphatic rings. The van der Waals surface area contributed by atoms with Gasteiger partial charge in [0.25, 0.3) is 0 Å². The highest BCUT2D eigenvalue weighted by molar-refractivity contribution is 6.36. The zero-order valence-electron chi connectivity index (χ0n) is 13.0. The fourth-order valence-corrected chi connectivity index (χ4v) is 3.08. The Morgan fingerprint density at radius 2 is 1.72 bits per heavy atom. The fourth-order valence-electron chi connectivity index (χ4n) is 2.56. The van der Waals surface area contributed by atoms with Crippen molar-refractivity contribution in [1.82, 2.24) is 9.78 Å². The van der Waals surface area contributed by atoms with Crippen LogP contribution in [-0.4, -0.2) is 32.6 Å². The fraction of sp³-hybridized carbons (Fsp3) is 0.111. The van der Waals surface area contributed by atoms with Crippen LogP contribution in [0.25, 0.3) is 22.4 Å². The van der Waals surface area contributed by atoms with Crippen LogP contribution in [0.1, 0.15) is 10.5 Å². The third kappa shape index (κ3) is 3.69. The van der Waals surface area contributed by atoms with E-state index < -0.39 is 5.97 Å². The van der Waals surface area contributed by atoms with E-state index in [0.29, 0.717) is 15.7 Å². The summed E-state index contributed by atoms with van der Waals surface area (Å²) in [5.41, 5.74) is 3.13. The first-order valence-electron chi connectivity index (χ1n) is 7.47. The number of carboxylic acids is 1.